The van der Waals surface area contributed by atoms with Crippen LogP contribution in [0.4, 0.5) is 0 Å². The molecule has 7 nitrogen and oxygen atoms in total. The Hall–Kier alpha value is -1.86. The van der Waals surface area contributed by atoms with Gasteiger partial charge < -0.3 is 24.4 Å². The number of nitrogens with zero attached hydrogens (tertiary/aromatic N) is 3. The number of methoxy groups -OCH3 is 1. The number of hydrogen-bond acceptors (Lipinski definition) is 5. The highest BCUT2D eigenvalue weighted by Crippen LogP contribution is 2.19. The van der Waals surface area contributed by atoms with Crippen molar-refractivity contribution >= 4 is 5.96 Å². The van der Waals surface area contributed by atoms with E-state index in [0.29, 0.717) is 25.6 Å². The Kier molecular flexibility index (Phi) is 9.94. The third-order valence-corrected chi connectivity index (χ3v) is 4.69. The van der Waals surface area contributed by atoms with Gasteiger partial charge in [-0.15, -0.1) is 0 Å². The minimum absolute atomic E-state index is 0.481. The van der Waals surface area contributed by atoms with E-state index in [-0.39, 0.29) is 0 Å². The Labute approximate surface area is 163 Å². The first-order valence-corrected chi connectivity index (χ1v) is 9.87. The first kappa shape index (κ1) is 21.4. The lowest BCUT2D eigenvalue weighted by Crippen LogP contribution is -2.40. The molecule has 2 rings (SSSR count). The number of guanidine groups is 1. The van der Waals surface area contributed by atoms with Crippen LogP contribution in [0.15, 0.2) is 23.3 Å². The molecule has 0 aromatic carbocycles. The number of nitrogens with one attached hydrogen (secondary N) is 1. The van der Waals surface area contributed by atoms with Crippen molar-refractivity contribution in [2.24, 2.45) is 10.9 Å². The number of hydrogen-bond donors (Lipinski definition) is 1. The predicted octanol–water partition coefficient (Wildman–Crippen LogP) is 2.32. The van der Waals surface area contributed by atoms with Gasteiger partial charge in [0.1, 0.15) is 6.61 Å². The van der Waals surface area contributed by atoms with Crippen LogP contribution >= 0.6 is 0 Å². The zero-order valence-electron chi connectivity index (χ0n) is 16.9. The summed E-state index contributed by atoms with van der Waals surface area (Å²) < 4.78 is 16.2. The van der Waals surface area contributed by atoms with E-state index in [1.165, 1.54) is 19.3 Å². The van der Waals surface area contributed by atoms with Gasteiger partial charge >= 0.3 is 0 Å². The monoisotopic (exact) mass is 378 g/mol. The molecule has 0 atom stereocenters. The summed E-state index contributed by atoms with van der Waals surface area (Å²) in [7, 11) is 3.76. The van der Waals surface area contributed by atoms with Crippen LogP contribution in [0.5, 0.6) is 5.88 Å². The maximum absolute atomic E-state index is 5.71. The van der Waals surface area contributed by atoms with Crippen LogP contribution in [0, 0.1) is 5.92 Å². The Morgan fingerprint density at radius 3 is 2.93 bits per heavy atom. The zero-order chi connectivity index (χ0) is 19.3. The van der Waals surface area contributed by atoms with Gasteiger partial charge in [0.15, 0.2) is 5.96 Å². The minimum atomic E-state index is 0.481. The molecule has 0 unspecified atom stereocenters. The number of ether oxygens (including phenoxy) is 3. The van der Waals surface area contributed by atoms with Crippen LogP contribution in [0.1, 0.15) is 31.7 Å². The van der Waals surface area contributed by atoms with Crippen LogP contribution < -0.4 is 10.1 Å². The van der Waals surface area contributed by atoms with Gasteiger partial charge in [-0.25, -0.2) is 9.98 Å². The highest BCUT2D eigenvalue weighted by molar-refractivity contribution is 5.79. The topological polar surface area (TPSA) is 68.2 Å². The van der Waals surface area contributed by atoms with E-state index >= 15 is 0 Å². The lowest BCUT2D eigenvalue weighted by atomic mass is 9.96. The van der Waals surface area contributed by atoms with E-state index in [1.807, 2.05) is 12.1 Å². The second-order valence-corrected chi connectivity index (χ2v) is 6.75. The van der Waals surface area contributed by atoms with Crippen LogP contribution in [-0.2, 0) is 16.0 Å². The van der Waals surface area contributed by atoms with Gasteiger partial charge in [0.05, 0.1) is 13.2 Å². The third-order valence-electron chi connectivity index (χ3n) is 4.69. The molecule has 2 heterocycles. The molecule has 0 amide bonds. The molecule has 1 aromatic rings. The van der Waals surface area contributed by atoms with Crippen molar-refractivity contribution < 1.29 is 14.2 Å². The average Bonchev–Trinajstić information content (AvgIpc) is 2.71. The highest BCUT2D eigenvalue weighted by atomic mass is 16.5. The fourth-order valence-electron chi connectivity index (χ4n) is 3.04. The first-order valence-electron chi connectivity index (χ1n) is 9.87. The molecule has 7 heteroatoms. The molecule has 0 saturated carbocycles. The molecule has 1 aliphatic heterocycles. The lowest BCUT2D eigenvalue weighted by Gasteiger charge is -2.27. The SMILES string of the molecule is CCNC(=NCc1cccnc1OCCOC)N(C)CCC1CCOCC1. The number of rotatable bonds is 10. The van der Waals surface area contributed by atoms with E-state index in [4.69, 9.17) is 19.2 Å². The van der Waals surface area contributed by atoms with Crippen molar-refractivity contribution in [1.82, 2.24) is 15.2 Å². The summed E-state index contributed by atoms with van der Waals surface area (Å²) in [5, 5.41) is 3.38. The maximum atomic E-state index is 5.71. The fourth-order valence-corrected chi connectivity index (χ4v) is 3.04. The van der Waals surface area contributed by atoms with Crippen molar-refractivity contribution in [3.05, 3.63) is 23.9 Å². The molecule has 0 radical (unpaired) electrons. The van der Waals surface area contributed by atoms with E-state index in [9.17, 15) is 0 Å². The van der Waals surface area contributed by atoms with Gasteiger partial charge in [-0.2, -0.15) is 0 Å². The normalized spacial score (nSPS) is 15.6. The van der Waals surface area contributed by atoms with Crippen molar-refractivity contribution in [1.29, 1.82) is 0 Å². The molecule has 0 spiro atoms. The number of pyridine rings is 1. The summed E-state index contributed by atoms with van der Waals surface area (Å²) in [5.41, 5.74) is 0.974. The van der Waals surface area contributed by atoms with E-state index in [1.54, 1.807) is 13.3 Å². The Balaban J connectivity index is 1.93. The second kappa shape index (κ2) is 12.5. The highest BCUT2D eigenvalue weighted by Gasteiger charge is 2.15. The van der Waals surface area contributed by atoms with Gasteiger partial charge in [-0.1, -0.05) is 6.07 Å². The molecule has 1 fully saturated rings. The molecular weight excluding hydrogens is 344 g/mol. The quantitative estimate of drug-likeness (QED) is 0.383. The fraction of sp³-hybridized carbons (Fsp3) is 0.700. The van der Waals surface area contributed by atoms with Crippen LogP contribution in [0.3, 0.4) is 0 Å². The van der Waals surface area contributed by atoms with Crippen LogP contribution in [0.25, 0.3) is 0 Å². The first-order chi connectivity index (χ1) is 13.2. The Morgan fingerprint density at radius 2 is 2.19 bits per heavy atom. The summed E-state index contributed by atoms with van der Waals surface area (Å²) in [6.07, 6.45) is 5.24. The number of aromatic nitrogens is 1. The van der Waals surface area contributed by atoms with Crippen molar-refractivity contribution in [3.8, 4) is 5.88 Å². The summed E-state index contributed by atoms with van der Waals surface area (Å²) in [5.74, 6) is 2.29. The lowest BCUT2D eigenvalue weighted by molar-refractivity contribution is 0.0625. The van der Waals surface area contributed by atoms with Gasteiger partial charge in [0.2, 0.25) is 5.88 Å². The maximum Gasteiger partial charge on any atom is 0.218 e. The molecule has 1 aromatic heterocycles. The van der Waals surface area contributed by atoms with Gasteiger partial charge in [-0.05, 0) is 38.2 Å². The molecule has 1 N–H and O–H groups in total. The Bertz CT molecular complexity index is 562. The summed E-state index contributed by atoms with van der Waals surface area (Å²) in [6.45, 7) is 7.26. The molecule has 1 saturated heterocycles. The van der Waals surface area contributed by atoms with Crippen LogP contribution in [0.2, 0.25) is 0 Å². The average molecular weight is 379 g/mol. The largest absolute Gasteiger partial charge is 0.475 e. The standard InChI is InChI=1S/C20H34N4O3/c1-4-21-20(24(2)11-7-17-8-12-26-13-9-17)23-16-18-6-5-10-22-19(18)27-15-14-25-3/h5-6,10,17H,4,7-9,11-16H2,1-3H3,(H,21,23). The third kappa shape index (κ3) is 7.72. The van der Waals surface area contributed by atoms with Crippen molar-refractivity contribution in [2.75, 3.05) is 53.7 Å². The second-order valence-electron chi connectivity index (χ2n) is 6.75. The van der Waals surface area contributed by atoms with Gasteiger partial charge in [-0.3, -0.25) is 0 Å². The summed E-state index contributed by atoms with van der Waals surface area (Å²) >= 11 is 0. The van der Waals surface area contributed by atoms with E-state index < -0.39 is 0 Å². The van der Waals surface area contributed by atoms with Gasteiger partial charge in [0.25, 0.3) is 0 Å². The van der Waals surface area contributed by atoms with E-state index in [0.717, 1.165) is 43.7 Å². The van der Waals surface area contributed by atoms with Crippen molar-refractivity contribution in [3.63, 3.8) is 0 Å². The Morgan fingerprint density at radius 1 is 1.37 bits per heavy atom. The summed E-state index contributed by atoms with van der Waals surface area (Å²) in [6, 6.07) is 3.92. The molecule has 0 aliphatic carbocycles. The molecule has 152 valence electrons. The number of aliphatic imine (C=N–C) groups is 1. The predicted molar refractivity (Wildman–Crippen MR) is 107 cm³/mol. The van der Waals surface area contributed by atoms with Gasteiger partial charge in [0, 0.05) is 52.2 Å². The zero-order valence-corrected chi connectivity index (χ0v) is 16.9. The molecule has 0 bridgehead atoms. The van der Waals surface area contributed by atoms with Crippen molar-refractivity contribution in [2.45, 2.75) is 32.7 Å². The smallest absolute Gasteiger partial charge is 0.218 e. The van der Waals surface area contributed by atoms with E-state index in [2.05, 4.69) is 29.2 Å². The molecular formula is C20H34N4O3. The molecule has 27 heavy (non-hydrogen) atoms. The summed E-state index contributed by atoms with van der Waals surface area (Å²) in [4.78, 5) is 11.3. The minimum Gasteiger partial charge on any atom is -0.475 e. The van der Waals surface area contributed by atoms with Crippen LogP contribution in [-0.4, -0.2) is 69.5 Å². The molecule has 1 aliphatic rings.